The van der Waals surface area contributed by atoms with Crippen LogP contribution in [0.5, 0.6) is 0 Å². The fraction of sp³-hybridized carbons (Fsp3) is 0.333. The summed E-state index contributed by atoms with van der Waals surface area (Å²) in [5.41, 5.74) is 2.43. The fourth-order valence-corrected chi connectivity index (χ4v) is 2.93. The van der Waals surface area contributed by atoms with Crippen molar-refractivity contribution in [2.24, 2.45) is 5.92 Å². The maximum atomic E-state index is 12.4. The highest BCUT2D eigenvalue weighted by Gasteiger charge is 2.30. The zero-order valence-corrected chi connectivity index (χ0v) is 16.3. The monoisotopic (exact) mass is 408 g/mol. The van der Waals surface area contributed by atoms with E-state index in [1.165, 1.54) is 0 Å². The average Bonchev–Trinajstić information content (AvgIpc) is 2.53. The third-order valence-electron chi connectivity index (χ3n) is 3.56. The summed E-state index contributed by atoms with van der Waals surface area (Å²) >= 11 is 8.70. The van der Waals surface area contributed by atoms with Gasteiger partial charge in [0.25, 0.3) is 0 Å². The van der Waals surface area contributed by atoms with E-state index in [2.05, 4.69) is 26.6 Å². The van der Waals surface area contributed by atoms with Gasteiger partial charge >= 0.3 is 5.97 Å². The molecule has 0 fully saturated rings. The number of thiocarbonyl (C=S) groups is 1. The number of hydrogen-bond donors (Lipinski definition) is 2. The van der Waals surface area contributed by atoms with Crippen LogP contribution in [0.3, 0.4) is 0 Å². The number of esters is 1. The van der Waals surface area contributed by atoms with Crippen LogP contribution in [0.15, 0.2) is 46.1 Å². The Bertz CT molecular complexity index is 681. The molecule has 1 aliphatic heterocycles. The number of halogens is 1. The Hall–Kier alpha value is -1.66. The molecule has 24 heavy (non-hydrogen) atoms. The molecule has 1 heterocycles. The Morgan fingerprint density at radius 3 is 2.62 bits per heavy atom. The van der Waals surface area contributed by atoms with E-state index in [0.717, 1.165) is 15.7 Å². The minimum atomic E-state index is -0.325. The van der Waals surface area contributed by atoms with Crippen molar-refractivity contribution in [3.05, 3.63) is 51.6 Å². The molecule has 2 N–H and O–H groups in total. The van der Waals surface area contributed by atoms with E-state index in [0.29, 0.717) is 17.3 Å². The zero-order valence-electron chi connectivity index (χ0n) is 13.9. The van der Waals surface area contributed by atoms with Gasteiger partial charge in [0.05, 0.1) is 18.2 Å². The quantitative estimate of drug-likeness (QED) is 0.573. The van der Waals surface area contributed by atoms with Crippen LogP contribution in [0.2, 0.25) is 0 Å². The number of carbonyl (C=O) groups excluding carboxylic acids is 1. The van der Waals surface area contributed by atoms with E-state index in [1.54, 1.807) is 6.92 Å². The molecule has 1 aromatic carbocycles. The van der Waals surface area contributed by atoms with Crippen molar-refractivity contribution in [3.8, 4) is 0 Å². The van der Waals surface area contributed by atoms with E-state index in [-0.39, 0.29) is 17.9 Å². The van der Waals surface area contributed by atoms with Crippen LogP contribution in [0, 0.1) is 5.92 Å². The van der Waals surface area contributed by atoms with Crippen LogP contribution in [0.1, 0.15) is 26.3 Å². The Labute approximate surface area is 156 Å². The maximum Gasteiger partial charge on any atom is 0.338 e. The molecule has 1 unspecified atom stereocenters. The second kappa shape index (κ2) is 8.44. The van der Waals surface area contributed by atoms with Crippen molar-refractivity contribution in [3.63, 3.8) is 0 Å². The summed E-state index contributed by atoms with van der Waals surface area (Å²) in [4.78, 5) is 12.4. The molecule has 1 aromatic rings. The smallest absolute Gasteiger partial charge is 0.338 e. The molecule has 0 amide bonds. The molecule has 0 saturated carbocycles. The molecule has 0 saturated heterocycles. The number of ether oxygens (including phenoxy) is 1. The molecule has 6 heteroatoms. The van der Waals surface area contributed by atoms with Crippen molar-refractivity contribution in [1.29, 1.82) is 0 Å². The maximum absolute atomic E-state index is 12.4. The number of allylic oxidation sites excluding steroid dienone is 1. The lowest BCUT2D eigenvalue weighted by atomic mass is 9.95. The van der Waals surface area contributed by atoms with Crippen molar-refractivity contribution < 1.29 is 9.53 Å². The molecular formula is C18H21BrN2O2S. The third kappa shape index (κ3) is 4.68. The first-order valence-corrected chi connectivity index (χ1v) is 9.05. The largest absolute Gasteiger partial charge is 0.463 e. The van der Waals surface area contributed by atoms with E-state index in [4.69, 9.17) is 17.0 Å². The summed E-state index contributed by atoms with van der Waals surface area (Å²) in [6.07, 6.45) is 3.90. The topological polar surface area (TPSA) is 50.4 Å². The van der Waals surface area contributed by atoms with Gasteiger partial charge in [-0.3, -0.25) is 0 Å². The normalized spacial score (nSPS) is 17.9. The second-order valence-corrected chi connectivity index (χ2v) is 7.01. The van der Waals surface area contributed by atoms with Crippen LogP contribution < -0.4 is 10.6 Å². The Morgan fingerprint density at radius 2 is 2.04 bits per heavy atom. The summed E-state index contributed by atoms with van der Waals surface area (Å²) in [6, 6.07) is 7.62. The first-order valence-electron chi connectivity index (χ1n) is 7.84. The standard InChI is InChI=1S/C18H21BrN2O2S/c1-4-23-17(22)15-14(20-18(24)21-16(15)11(2)3)10-7-12-5-8-13(19)9-6-12/h5-11,14H,4H2,1-3H3,(H2,20,21,24)/b10-7+. The minimum Gasteiger partial charge on any atom is -0.463 e. The van der Waals surface area contributed by atoms with Crippen LogP contribution in [-0.4, -0.2) is 23.7 Å². The lowest BCUT2D eigenvalue weighted by Crippen LogP contribution is -2.50. The van der Waals surface area contributed by atoms with E-state index in [9.17, 15) is 4.79 Å². The predicted molar refractivity (Wildman–Crippen MR) is 104 cm³/mol. The van der Waals surface area contributed by atoms with Gasteiger partial charge < -0.3 is 15.4 Å². The molecule has 0 aromatic heterocycles. The summed E-state index contributed by atoms with van der Waals surface area (Å²) < 4.78 is 6.26. The van der Waals surface area contributed by atoms with Crippen LogP contribution in [-0.2, 0) is 9.53 Å². The van der Waals surface area contributed by atoms with Gasteiger partial charge in [-0.25, -0.2) is 4.79 Å². The predicted octanol–water partition coefficient (Wildman–Crippen LogP) is 3.78. The van der Waals surface area contributed by atoms with Crippen molar-refractivity contribution >= 4 is 45.3 Å². The van der Waals surface area contributed by atoms with E-state index in [1.807, 2.05) is 50.3 Å². The van der Waals surface area contributed by atoms with Crippen molar-refractivity contribution in [2.75, 3.05) is 6.61 Å². The lowest BCUT2D eigenvalue weighted by molar-refractivity contribution is -0.138. The molecule has 0 spiro atoms. The molecule has 2 rings (SSSR count). The third-order valence-corrected chi connectivity index (χ3v) is 4.31. The summed E-state index contributed by atoms with van der Waals surface area (Å²) in [7, 11) is 0. The molecule has 0 radical (unpaired) electrons. The zero-order chi connectivity index (χ0) is 17.7. The van der Waals surface area contributed by atoms with Crippen LogP contribution in [0.4, 0.5) is 0 Å². The Kier molecular flexibility index (Phi) is 6.57. The molecule has 1 aliphatic rings. The molecular weight excluding hydrogens is 388 g/mol. The highest BCUT2D eigenvalue weighted by Crippen LogP contribution is 2.22. The number of benzene rings is 1. The first kappa shape index (κ1) is 18.7. The number of carbonyl (C=O) groups is 1. The van der Waals surface area contributed by atoms with Crippen molar-refractivity contribution in [1.82, 2.24) is 10.6 Å². The molecule has 4 nitrogen and oxygen atoms in total. The SMILES string of the molecule is CCOC(=O)C1=C(C(C)C)NC(=S)NC1/C=C/c1ccc(Br)cc1. The van der Waals surface area contributed by atoms with Gasteiger partial charge in [0.1, 0.15) is 0 Å². The molecule has 1 atom stereocenters. The number of rotatable bonds is 5. The van der Waals surface area contributed by atoms with Gasteiger partial charge in [0, 0.05) is 10.2 Å². The minimum absolute atomic E-state index is 0.132. The molecule has 0 aliphatic carbocycles. The average molecular weight is 409 g/mol. The summed E-state index contributed by atoms with van der Waals surface area (Å²) in [5.74, 6) is -0.192. The van der Waals surface area contributed by atoms with Gasteiger partial charge in [0.15, 0.2) is 5.11 Å². The van der Waals surface area contributed by atoms with E-state index >= 15 is 0 Å². The van der Waals surface area contributed by atoms with Crippen molar-refractivity contribution in [2.45, 2.75) is 26.8 Å². The van der Waals surface area contributed by atoms with Crippen LogP contribution in [0.25, 0.3) is 6.08 Å². The van der Waals surface area contributed by atoms with Gasteiger partial charge in [0.2, 0.25) is 0 Å². The molecule has 128 valence electrons. The van der Waals surface area contributed by atoms with Gasteiger partial charge in [-0.1, -0.05) is 54.1 Å². The highest BCUT2D eigenvalue weighted by atomic mass is 79.9. The first-order chi connectivity index (χ1) is 11.4. The summed E-state index contributed by atoms with van der Waals surface area (Å²) in [6.45, 7) is 6.17. The number of nitrogens with one attached hydrogen (secondary N) is 2. The van der Waals surface area contributed by atoms with E-state index < -0.39 is 0 Å². The number of hydrogen-bond acceptors (Lipinski definition) is 3. The lowest BCUT2D eigenvalue weighted by Gasteiger charge is -2.30. The van der Waals surface area contributed by atoms with Gasteiger partial charge in [-0.2, -0.15) is 0 Å². The van der Waals surface area contributed by atoms with Gasteiger partial charge in [-0.15, -0.1) is 0 Å². The van der Waals surface area contributed by atoms with Crippen LogP contribution >= 0.6 is 28.1 Å². The Balaban J connectivity index is 2.36. The summed E-state index contributed by atoms with van der Waals surface area (Å²) in [5, 5.41) is 6.75. The fourth-order valence-electron chi connectivity index (χ4n) is 2.43. The Morgan fingerprint density at radius 1 is 1.38 bits per heavy atom. The van der Waals surface area contributed by atoms with Gasteiger partial charge in [-0.05, 0) is 42.8 Å². The molecule has 0 bridgehead atoms. The second-order valence-electron chi connectivity index (χ2n) is 5.69. The highest BCUT2D eigenvalue weighted by molar-refractivity contribution is 9.10.